The first kappa shape index (κ1) is 23.3. The molecule has 0 aliphatic carbocycles. The summed E-state index contributed by atoms with van der Waals surface area (Å²) < 4.78 is 33.5. The van der Waals surface area contributed by atoms with E-state index in [4.69, 9.17) is 10.5 Å². The fourth-order valence-electron chi connectivity index (χ4n) is 3.02. The summed E-state index contributed by atoms with van der Waals surface area (Å²) in [5, 5.41) is 3.04. The van der Waals surface area contributed by atoms with Crippen molar-refractivity contribution in [2.24, 2.45) is 5.73 Å². The average molecular weight is 460 g/mol. The van der Waals surface area contributed by atoms with Gasteiger partial charge in [0.25, 0.3) is 5.91 Å². The van der Waals surface area contributed by atoms with Crippen molar-refractivity contribution in [3.05, 3.63) is 48.5 Å². The molecule has 1 aromatic carbocycles. The van der Waals surface area contributed by atoms with Gasteiger partial charge in [0.1, 0.15) is 0 Å². The molecule has 0 saturated heterocycles. The third-order valence-corrected chi connectivity index (χ3v) is 5.95. The van der Waals surface area contributed by atoms with Crippen molar-refractivity contribution in [3.63, 3.8) is 0 Å². The predicted octanol–water partition coefficient (Wildman–Crippen LogP) is 1.69. The summed E-state index contributed by atoms with van der Waals surface area (Å²) in [6.07, 6.45) is 3.12. The van der Waals surface area contributed by atoms with Gasteiger partial charge >= 0.3 is 0 Å². The van der Waals surface area contributed by atoms with Crippen LogP contribution in [0.2, 0.25) is 0 Å². The van der Waals surface area contributed by atoms with Crippen LogP contribution in [0.3, 0.4) is 0 Å². The number of aromatic nitrogens is 4. The molecule has 0 radical (unpaired) electrons. The highest BCUT2D eigenvalue weighted by molar-refractivity contribution is 7.89. The zero-order chi connectivity index (χ0) is 23.3. The Hall–Kier alpha value is -3.35. The molecule has 0 aliphatic heterocycles. The number of anilines is 2. The standard InChI is InChI=1S/C20H25N7O4S/c1-13(2)27-17(12-23-19(27)18(21)28)16-8-9-22-20(26-16)25-14-4-6-15(7-5-14)32(29,30)24-10-11-31-3/h4-9,12-13,24H,10-11H2,1-3H3,(H2,21,28)(H,22,25,26). The summed E-state index contributed by atoms with van der Waals surface area (Å²) in [6, 6.07) is 7.83. The fourth-order valence-corrected chi connectivity index (χ4v) is 4.04. The Kier molecular flexibility index (Phi) is 7.18. The highest BCUT2D eigenvalue weighted by Gasteiger charge is 2.19. The normalized spacial score (nSPS) is 11.6. The molecular weight excluding hydrogens is 434 g/mol. The average Bonchev–Trinajstić information content (AvgIpc) is 3.20. The van der Waals surface area contributed by atoms with E-state index in [0.29, 0.717) is 23.0 Å². The number of primary amides is 1. The van der Waals surface area contributed by atoms with E-state index in [2.05, 4.69) is 25.0 Å². The Morgan fingerprint density at radius 2 is 1.91 bits per heavy atom. The minimum Gasteiger partial charge on any atom is -0.383 e. The monoisotopic (exact) mass is 459 g/mol. The number of rotatable bonds is 10. The molecule has 0 fully saturated rings. The van der Waals surface area contributed by atoms with E-state index in [1.54, 1.807) is 35.2 Å². The number of imidazole rings is 1. The second-order valence-electron chi connectivity index (χ2n) is 7.10. The molecule has 12 heteroatoms. The minimum absolute atomic E-state index is 0.0617. The van der Waals surface area contributed by atoms with Crippen LogP contribution in [0.4, 0.5) is 11.6 Å². The maximum absolute atomic E-state index is 12.3. The van der Waals surface area contributed by atoms with Crippen molar-refractivity contribution in [3.8, 4) is 11.4 Å². The Bertz CT molecular complexity index is 1190. The summed E-state index contributed by atoms with van der Waals surface area (Å²) >= 11 is 0. The van der Waals surface area contributed by atoms with Crippen molar-refractivity contribution in [1.29, 1.82) is 0 Å². The molecule has 3 aromatic rings. The second kappa shape index (κ2) is 9.85. The molecule has 0 atom stereocenters. The Morgan fingerprint density at radius 3 is 2.53 bits per heavy atom. The number of hydrogen-bond acceptors (Lipinski definition) is 8. The molecule has 0 spiro atoms. The number of ether oxygens (including phenoxy) is 1. The van der Waals surface area contributed by atoms with Crippen LogP contribution in [0.25, 0.3) is 11.4 Å². The number of nitrogens with one attached hydrogen (secondary N) is 2. The number of sulfonamides is 1. The molecule has 2 heterocycles. The smallest absolute Gasteiger partial charge is 0.284 e. The van der Waals surface area contributed by atoms with Gasteiger partial charge in [-0.05, 0) is 44.2 Å². The number of hydrogen-bond donors (Lipinski definition) is 3. The van der Waals surface area contributed by atoms with E-state index in [0.717, 1.165) is 0 Å². The molecule has 0 bridgehead atoms. The van der Waals surface area contributed by atoms with Crippen LogP contribution in [0.15, 0.2) is 47.6 Å². The molecule has 0 unspecified atom stereocenters. The highest BCUT2D eigenvalue weighted by atomic mass is 32.2. The van der Waals surface area contributed by atoms with Gasteiger partial charge in [-0.15, -0.1) is 0 Å². The van der Waals surface area contributed by atoms with Crippen LogP contribution in [0.1, 0.15) is 30.5 Å². The zero-order valence-electron chi connectivity index (χ0n) is 17.9. The molecule has 3 rings (SSSR count). The van der Waals surface area contributed by atoms with Gasteiger partial charge < -0.3 is 20.4 Å². The molecule has 1 amide bonds. The Labute approximate surface area is 186 Å². The molecule has 11 nitrogen and oxygen atoms in total. The van der Waals surface area contributed by atoms with Gasteiger partial charge in [0.05, 0.1) is 29.1 Å². The third kappa shape index (κ3) is 5.28. The molecule has 170 valence electrons. The summed E-state index contributed by atoms with van der Waals surface area (Å²) in [7, 11) is -2.12. The third-order valence-electron chi connectivity index (χ3n) is 4.47. The molecule has 2 aromatic heterocycles. The lowest BCUT2D eigenvalue weighted by atomic mass is 10.2. The van der Waals surface area contributed by atoms with Gasteiger partial charge in [0, 0.05) is 31.6 Å². The number of nitrogens with zero attached hydrogens (tertiary/aromatic N) is 4. The largest absolute Gasteiger partial charge is 0.383 e. The van der Waals surface area contributed by atoms with Crippen molar-refractivity contribution in [2.75, 3.05) is 25.6 Å². The lowest BCUT2D eigenvalue weighted by Crippen LogP contribution is -2.27. The van der Waals surface area contributed by atoms with Gasteiger partial charge in [-0.3, -0.25) is 4.79 Å². The maximum atomic E-state index is 12.3. The van der Waals surface area contributed by atoms with Crippen LogP contribution in [0.5, 0.6) is 0 Å². The number of nitrogens with two attached hydrogens (primary N) is 1. The second-order valence-corrected chi connectivity index (χ2v) is 8.87. The van der Waals surface area contributed by atoms with E-state index in [1.165, 1.54) is 19.2 Å². The Morgan fingerprint density at radius 1 is 1.19 bits per heavy atom. The first-order valence-electron chi connectivity index (χ1n) is 9.79. The van der Waals surface area contributed by atoms with Gasteiger partial charge in [-0.2, -0.15) is 0 Å². The lowest BCUT2D eigenvalue weighted by Gasteiger charge is -2.14. The van der Waals surface area contributed by atoms with Crippen LogP contribution in [-0.4, -0.2) is 54.1 Å². The van der Waals surface area contributed by atoms with Gasteiger partial charge in [-0.1, -0.05) is 0 Å². The van der Waals surface area contributed by atoms with Gasteiger partial charge in [0.15, 0.2) is 5.82 Å². The van der Waals surface area contributed by atoms with Gasteiger partial charge in [-0.25, -0.2) is 28.1 Å². The SMILES string of the molecule is COCCNS(=O)(=O)c1ccc(Nc2nccc(-c3cnc(C(N)=O)n3C(C)C)n2)cc1. The molecule has 32 heavy (non-hydrogen) atoms. The van der Waals surface area contributed by atoms with Crippen molar-refractivity contribution in [2.45, 2.75) is 24.8 Å². The summed E-state index contributed by atoms with van der Waals surface area (Å²) in [5.41, 5.74) is 7.22. The molecule has 0 saturated carbocycles. The summed E-state index contributed by atoms with van der Waals surface area (Å²) in [4.78, 5) is 24.7. The Balaban J connectivity index is 1.81. The van der Waals surface area contributed by atoms with E-state index >= 15 is 0 Å². The zero-order valence-corrected chi connectivity index (χ0v) is 18.8. The number of benzene rings is 1. The summed E-state index contributed by atoms with van der Waals surface area (Å²) in [5.74, 6) is -0.170. The highest BCUT2D eigenvalue weighted by Crippen LogP contribution is 2.24. The van der Waals surface area contributed by atoms with E-state index in [-0.39, 0.29) is 29.9 Å². The number of carbonyl (C=O) groups excluding carboxylic acids is 1. The van der Waals surface area contributed by atoms with E-state index in [1.807, 2.05) is 13.8 Å². The minimum atomic E-state index is -3.62. The lowest BCUT2D eigenvalue weighted by molar-refractivity contribution is 0.0985. The van der Waals surface area contributed by atoms with Crippen molar-refractivity contribution in [1.82, 2.24) is 24.2 Å². The predicted molar refractivity (Wildman–Crippen MR) is 119 cm³/mol. The molecular formula is C20H25N7O4S. The van der Waals surface area contributed by atoms with E-state index < -0.39 is 15.9 Å². The topological polar surface area (TPSA) is 154 Å². The van der Waals surface area contributed by atoms with Crippen LogP contribution >= 0.6 is 0 Å². The van der Waals surface area contributed by atoms with Gasteiger partial charge in [0.2, 0.25) is 16.0 Å². The van der Waals surface area contributed by atoms with Crippen LogP contribution in [0, 0.1) is 0 Å². The van der Waals surface area contributed by atoms with E-state index in [9.17, 15) is 13.2 Å². The molecule has 4 N–H and O–H groups in total. The summed E-state index contributed by atoms with van der Waals surface area (Å²) in [6.45, 7) is 4.29. The molecule has 0 aliphatic rings. The van der Waals surface area contributed by atoms with Crippen LogP contribution in [-0.2, 0) is 14.8 Å². The number of carbonyl (C=O) groups is 1. The number of amides is 1. The van der Waals surface area contributed by atoms with Crippen molar-refractivity contribution < 1.29 is 17.9 Å². The first-order valence-corrected chi connectivity index (χ1v) is 11.3. The van der Waals surface area contributed by atoms with Crippen LogP contribution < -0.4 is 15.8 Å². The first-order chi connectivity index (χ1) is 15.2. The fraction of sp³-hybridized carbons (Fsp3) is 0.300. The quantitative estimate of drug-likeness (QED) is 0.387. The maximum Gasteiger partial charge on any atom is 0.284 e. The number of methoxy groups -OCH3 is 1. The van der Waals surface area contributed by atoms with Crippen molar-refractivity contribution >= 4 is 27.6 Å².